The van der Waals surface area contributed by atoms with E-state index < -0.39 is 0 Å². The van der Waals surface area contributed by atoms with Gasteiger partial charge >= 0.3 is 0 Å². The fourth-order valence-corrected chi connectivity index (χ4v) is 8.39. The van der Waals surface area contributed by atoms with Gasteiger partial charge in [0, 0.05) is 20.5 Å². The van der Waals surface area contributed by atoms with E-state index in [4.69, 9.17) is 0 Å². The molecule has 10 heteroatoms. The van der Waals surface area contributed by atoms with E-state index in [1.165, 1.54) is 62.0 Å². The Hall–Kier alpha value is -2.43. The van der Waals surface area contributed by atoms with Gasteiger partial charge in [-0.1, -0.05) is 0 Å². The number of nitrogens with zero attached hydrogens (tertiary/aromatic N) is 7. The van der Waals surface area contributed by atoms with E-state index in [9.17, 15) is 0 Å². The Kier molecular flexibility index (Phi) is 4.51. The minimum absolute atomic E-state index is 0.762. The molecule has 160 valence electrons. The molecule has 0 spiro atoms. The van der Waals surface area contributed by atoms with Crippen molar-refractivity contribution in [2.45, 2.75) is 61.5 Å². The Morgan fingerprint density at radius 2 is 1.59 bits per heavy atom. The van der Waals surface area contributed by atoms with Gasteiger partial charge in [0.15, 0.2) is 11.0 Å². The van der Waals surface area contributed by atoms with E-state index >= 15 is 0 Å². The molecule has 0 saturated carbocycles. The molecule has 0 aromatic carbocycles. The molecule has 2 aliphatic rings. The van der Waals surface area contributed by atoms with E-state index in [0.717, 1.165) is 46.5 Å². The second-order valence-electron chi connectivity index (χ2n) is 8.24. The Balaban J connectivity index is 1.36. The van der Waals surface area contributed by atoms with Gasteiger partial charge in [0.1, 0.15) is 22.5 Å². The highest BCUT2D eigenvalue weighted by molar-refractivity contribution is 7.99. The van der Waals surface area contributed by atoms with Gasteiger partial charge < -0.3 is 0 Å². The predicted molar refractivity (Wildman–Crippen MR) is 127 cm³/mol. The van der Waals surface area contributed by atoms with Crippen molar-refractivity contribution in [2.75, 3.05) is 0 Å². The van der Waals surface area contributed by atoms with E-state index in [0.29, 0.717) is 0 Å². The van der Waals surface area contributed by atoms with Crippen LogP contribution in [0.3, 0.4) is 0 Å². The van der Waals surface area contributed by atoms with Gasteiger partial charge in [-0.3, -0.25) is 0 Å². The van der Waals surface area contributed by atoms with Crippen LogP contribution in [0.2, 0.25) is 0 Å². The molecule has 0 saturated heterocycles. The summed E-state index contributed by atoms with van der Waals surface area (Å²) < 4.78 is 3.03. The Morgan fingerprint density at radius 3 is 2.47 bits per heavy atom. The van der Waals surface area contributed by atoms with Crippen LogP contribution in [-0.4, -0.2) is 34.9 Å². The number of aryl methyl sites for hydroxylation is 4. The topological polar surface area (TPSA) is 82.3 Å². The number of aromatic nitrogens is 7. The summed E-state index contributed by atoms with van der Waals surface area (Å²) >= 11 is 5.22. The van der Waals surface area contributed by atoms with Crippen LogP contribution >= 0.6 is 34.4 Å². The van der Waals surface area contributed by atoms with Gasteiger partial charge in [-0.05, 0) is 74.3 Å². The van der Waals surface area contributed by atoms with E-state index in [1.807, 2.05) is 33.6 Å². The number of rotatable bonds is 3. The summed E-state index contributed by atoms with van der Waals surface area (Å²) in [5.74, 6) is 0.777. The lowest BCUT2D eigenvalue weighted by Crippen LogP contribution is -2.06. The van der Waals surface area contributed by atoms with Crippen molar-refractivity contribution in [1.82, 2.24) is 34.9 Å². The first-order valence-corrected chi connectivity index (χ1v) is 13.4. The number of fused-ring (bicyclic) bond motifs is 6. The Morgan fingerprint density at radius 1 is 0.812 bits per heavy atom. The summed E-state index contributed by atoms with van der Waals surface area (Å²) in [4.78, 5) is 17.8. The standard InChI is InChI=1S/C22H19N7S3/c1-3-7-14-12(5-1)17-16(30-14)9-26-28-19(17)29-22(25-11-27-29)32-21-18-13-6-2-4-8-15(13)31-20(18)23-10-24-21/h9-11H,1-8H2. The molecule has 2 aliphatic carbocycles. The highest BCUT2D eigenvalue weighted by Gasteiger charge is 2.24. The van der Waals surface area contributed by atoms with Gasteiger partial charge in [-0.2, -0.15) is 14.9 Å². The summed E-state index contributed by atoms with van der Waals surface area (Å²) in [6, 6.07) is 0. The van der Waals surface area contributed by atoms with Crippen LogP contribution in [0.4, 0.5) is 0 Å². The molecule has 5 aromatic rings. The summed E-state index contributed by atoms with van der Waals surface area (Å²) in [5, 5.41) is 17.5. The first-order valence-electron chi connectivity index (χ1n) is 11.0. The van der Waals surface area contributed by atoms with Crippen molar-refractivity contribution in [1.29, 1.82) is 0 Å². The summed E-state index contributed by atoms with van der Waals surface area (Å²) in [5.41, 5.74) is 2.85. The molecule has 5 aromatic heterocycles. The fraction of sp³-hybridized carbons (Fsp3) is 0.364. The zero-order chi connectivity index (χ0) is 21.1. The van der Waals surface area contributed by atoms with E-state index in [2.05, 4.69) is 30.2 Å². The van der Waals surface area contributed by atoms with Crippen molar-refractivity contribution in [3.8, 4) is 5.82 Å². The predicted octanol–water partition coefficient (Wildman–Crippen LogP) is 5.19. The van der Waals surface area contributed by atoms with Gasteiger partial charge in [-0.25, -0.2) is 15.0 Å². The Bertz CT molecular complexity index is 1480. The number of thiophene rings is 2. The van der Waals surface area contributed by atoms with Crippen LogP contribution in [0.5, 0.6) is 0 Å². The molecule has 0 amide bonds. The highest BCUT2D eigenvalue weighted by atomic mass is 32.2. The lowest BCUT2D eigenvalue weighted by Gasteiger charge is -2.12. The van der Waals surface area contributed by atoms with Gasteiger partial charge in [0.25, 0.3) is 0 Å². The van der Waals surface area contributed by atoms with Gasteiger partial charge in [0.2, 0.25) is 0 Å². The first-order chi connectivity index (χ1) is 15.9. The van der Waals surface area contributed by atoms with Crippen LogP contribution in [0.15, 0.2) is 29.0 Å². The number of hydrogen-bond donors (Lipinski definition) is 0. The van der Waals surface area contributed by atoms with Crippen LogP contribution in [0, 0.1) is 0 Å². The van der Waals surface area contributed by atoms with Crippen LogP contribution < -0.4 is 0 Å². The van der Waals surface area contributed by atoms with Crippen LogP contribution in [0.1, 0.15) is 46.6 Å². The monoisotopic (exact) mass is 477 g/mol. The second-order valence-corrected chi connectivity index (χ2v) is 11.4. The van der Waals surface area contributed by atoms with Crippen molar-refractivity contribution < 1.29 is 0 Å². The fourth-order valence-electron chi connectivity index (χ4n) is 4.93. The summed E-state index contributed by atoms with van der Waals surface area (Å²) in [6.07, 6.45) is 14.6. The largest absolute Gasteiger partial charge is 0.229 e. The Labute approximate surface area is 196 Å². The third-order valence-corrected chi connectivity index (χ3v) is 9.76. The zero-order valence-corrected chi connectivity index (χ0v) is 19.7. The van der Waals surface area contributed by atoms with Gasteiger partial charge in [-0.15, -0.1) is 27.8 Å². The van der Waals surface area contributed by atoms with Crippen LogP contribution in [-0.2, 0) is 25.7 Å². The van der Waals surface area contributed by atoms with Crippen molar-refractivity contribution in [2.24, 2.45) is 0 Å². The van der Waals surface area contributed by atoms with Crippen LogP contribution in [0.25, 0.3) is 26.1 Å². The molecule has 0 bridgehead atoms. The summed E-state index contributed by atoms with van der Waals surface area (Å²) in [6.45, 7) is 0. The van der Waals surface area contributed by atoms with Crippen molar-refractivity contribution >= 4 is 54.7 Å². The molecule has 0 aliphatic heterocycles. The van der Waals surface area contributed by atoms with Gasteiger partial charge in [0.05, 0.1) is 10.9 Å². The molecule has 0 atom stereocenters. The normalized spacial score (nSPS) is 15.9. The minimum Gasteiger partial charge on any atom is -0.229 e. The third kappa shape index (κ3) is 2.93. The molecule has 0 radical (unpaired) electrons. The van der Waals surface area contributed by atoms with E-state index in [-0.39, 0.29) is 0 Å². The average molecular weight is 478 g/mol. The molecule has 0 fully saturated rings. The van der Waals surface area contributed by atoms with Crippen molar-refractivity contribution in [3.63, 3.8) is 0 Å². The zero-order valence-electron chi connectivity index (χ0n) is 17.2. The maximum atomic E-state index is 4.66. The minimum atomic E-state index is 0.762. The SMILES string of the molecule is c1nc(Sc2ncnn2-c2nncc3sc4c(c23)CCCC4)c2c3c(sc2n1)CCCC3. The molecular formula is C22H19N7S3. The molecular weight excluding hydrogens is 458 g/mol. The number of hydrogen-bond acceptors (Lipinski definition) is 9. The van der Waals surface area contributed by atoms with Crippen molar-refractivity contribution in [3.05, 3.63) is 39.7 Å². The first kappa shape index (κ1) is 19.1. The molecule has 7 rings (SSSR count). The third-order valence-electron chi connectivity index (χ3n) is 6.37. The smallest absolute Gasteiger partial charge is 0.198 e. The maximum absolute atomic E-state index is 4.66. The summed E-state index contributed by atoms with van der Waals surface area (Å²) in [7, 11) is 0. The quantitative estimate of drug-likeness (QED) is 0.331. The maximum Gasteiger partial charge on any atom is 0.198 e. The molecule has 0 unspecified atom stereocenters. The molecule has 7 nitrogen and oxygen atoms in total. The second kappa shape index (κ2) is 7.57. The molecule has 32 heavy (non-hydrogen) atoms. The average Bonchev–Trinajstić information content (AvgIpc) is 3.54. The highest BCUT2D eigenvalue weighted by Crippen LogP contribution is 2.42. The van der Waals surface area contributed by atoms with E-state index in [1.54, 1.807) is 24.4 Å². The lowest BCUT2D eigenvalue weighted by molar-refractivity contribution is 0.697. The lowest BCUT2D eigenvalue weighted by atomic mass is 9.97. The molecule has 5 heterocycles. The molecule has 0 N–H and O–H groups in total.